The van der Waals surface area contributed by atoms with Gasteiger partial charge in [0.05, 0.1) is 22.9 Å². The summed E-state index contributed by atoms with van der Waals surface area (Å²) >= 11 is 0. The Morgan fingerprint density at radius 2 is 2.35 bits per heavy atom. The molecule has 0 saturated carbocycles. The van der Waals surface area contributed by atoms with E-state index in [0.29, 0.717) is 5.69 Å². The van der Waals surface area contributed by atoms with Crippen molar-refractivity contribution in [3.8, 4) is 5.75 Å². The lowest BCUT2D eigenvalue weighted by Gasteiger charge is -2.05. The van der Waals surface area contributed by atoms with Crippen LogP contribution >= 0.6 is 0 Å². The summed E-state index contributed by atoms with van der Waals surface area (Å²) in [6.45, 7) is -0.240. The number of aryl methyl sites for hydroxylation is 1. The first-order valence-corrected chi connectivity index (χ1v) is 5.70. The lowest BCUT2D eigenvalue weighted by atomic mass is 10.3. The third-order valence-corrected chi connectivity index (χ3v) is 2.39. The quantitative estimate of drug-likeness (QED) is 0.656. The number of anilines is 1. The molecule has 1 aromatic heterocycles. The van der Waals surface area contributed by atoms with Crippen LogP contribution in [0.25, 0.3) is 0 Å². The Morgan fingerprint density at radius 1 is 1.55 bits per heavy atom. The first-order chi connectivity index (χ1) is 9.54. The van der Waals surface area contributed by atoms with E-state index in [4.69, 9.17) is 4.74 Å². The predicted octanol–water partition coefficient (Wildman–Crippen LogP) is 1.35. The number of hydrogen-bond acceptors (Lipinski definition) is 5. The smallest absolute Gasteiger partial charge is 0.273 e. The number of nitrogens with zero attached hydrogens (tertiary/aromatic N) is 3. The minimum atomic E-state index is -0.525. The molecule has 0 aliphatic carbocycles. The highest BCUT2D eigenvalue weighted by Crippen LogP contribution is 2.18. The summed E-state index contributed by atoms with van der Waals surface area (Å²) in [4.78, 5) is 21.7. The second kappa shape index (κ2) is 5.83. The lowest BCUT2D eigenvalue weighted by Crippen LogP contribution is -2.19. The zero-order valence-corrected chi connectivity index (χ0v) is 10.6. The van der Waals surface area contributed by atoms with Gasteiger partial charge in [0.2, 0.25) is 0 Å². The number of rotatable bonds is 5. The Kier molecular flexibility index (Phi) is 3.94. The summed E-state index contributed by atoms with van der Waals surface area (Å²) in [7, 11) is 1.73. The Morgan fingerprint density at radius 3 is 3.00 bits per heavy atom. The van der Waals surface area contributed by atoms with Crippen LogP contribution in [0.5, 0.6) is 5.75 Å². The van der Waals surface area contributed by atoms with Crippen molar-refractivity contribution in [1.82, 2.24) is 9.78 Å². The normalized spacial score (nSPS) is 10.1. The maximum atomic E-state index is 11.6. The molecule has 0 bridgehead atoms. The summed E-state index contributed by atoms with van der Waals surface area (Å²) in [5, 5.41) is 17.1. The molecule has 0 saturated heterocycles. The number of carbonyl (C=O) groups excluding carboxylic acids is 1. The standard InChI is InChI=1S/C12H12N4O4/c1-15-7-9(6-13-15)14-12(17)8-20-11-4-2-3-10(5-11)16(18)19/h2-7H,8H2,1H3,(H,14,17). The lowest BCUT2D eigenvalue weighted by molar-refractivity contribution is -0.384. The van der Waals surface area contributed by atoms with E-state index in [2.05, 4.69) is 10.4 Å². The van der Waals surface area contributed by atoms with Crippen LogP contribution in [0.2, 0.25) is 0 Å². The second-order valence-electron chi connectivity index (χ2n) is 3.99. The van der Waals surface area contributed by atoms with Gasteiger partial charge in [0.15, 0.2) is 6.61 Å². The highest BCUT2D eigenvalue weighted by Gasteiger charge is 2.08. The molecular formula is C12H12N4O4. The molecule has 0 unspecified atom stereocenters. The Labute approximate surface area is 114 Å². The minimum absolute atomic E-state index is 0.0878. The van der Waals surface area contributed by atoms with Crippen LogP contribution in [-0.2, 0) is 11.8 Å². The number of hydrogen-bond donors (Lipinski definition) is 1. The van der Waals surface area contributed by atoms with Crippen LogP contribution in [0, 0.1) is 10.1 Å². The molecule has 1 heterocycles. The summed E-state index contributed by atoms with van der Waals surface area (Å²) in [6, 6.07) is 5.65. The molecule has 0 fully saturated rings. The molecule has 1 N–H and O–H groups in total. The molecule has 104 valence electrons. The number of nitro benzene ring substituents is 1. The number of ether oxygens (including phenoxy) is 1. The van der Waals surface area contributed by atoms with E-state index in [1.54, 1.807) is 24.0 Å². The number of non-ortho nitro benzene ring substituents is 1. The highest BCUT2D eigenvalue weighted by atomic mass is 16.6. The molecule has 8 heteroatoms. The van der Waals surface area contributed by atoms with Gasteiger partial charge in [0.1, 0.15) is 5.75 Å². The molecule has 1 aromatic carbocycles. The van der Waals surface area contributed by atoms with Gasteiger partial charge in [0, 0.05) is 19.3 Å². The molecular weight excluding hydrogens is 264 g/mol. The van der Waals surface area contributed by atoms with Crippen molar-refractivity contribution >= 4 is 17.3 Å². The molecule has 0 radical (unpaired) electrons. The van der Waals surface area contributed by atoms with Crippen LogP contribution in [0.3, 0.4) is 0 Å². The third-order valence-electron chi connectivity index (χ3n) is 2.39. The first kappa shape index (κ1) is 13.5. The average Bonchev–Trinajstić information content (AvgIpc) is 2.82. The average molecular weight is 276 g/mol. The minimum Gasteiger partial charge on any atom is -0.484 e. The predicted molar refractivity (Wildman–Crippen MR) is 70.4 cm³/mol. The van der Waals surface area contributed by atoms with Crippen LogP contribution < -0.4 is 10.1 Å². The van der Waals surface area contributed by atoms with Gasteiger partial charge in [-0.1, -0.05) is 6.07 Å². The molecule has 2 rings (SSSR count). The van der Waals surface area contributed by atoms with Gasteiger partial charge in [-0.2, -0.15) is 5.10 Å². The summed E-state index contributed by atoms with van der Waals surface area (Å²) in [5.41, 5.74) is 0.468. The third kappa shape index (κ3) is 3.55. The van der Waals surface area contributed by atoms with Crippen molar-refractivity contribution in [2.24, 2.45) is 7.05 Å². The first-order valence-electron chi connectivity index (χ1n) is 5.70. The van der Waals surface area contributed by atoms with E-state index in [-0.39, 0.29) is 24.0 Å². The zero-order valence-electron chi connectivity index (χ0n) is 10.6. The zero-order chi connectivity index (χ0) is 14.5. The molecule has 20 heavy (non-hydrogen) atoms. The summed E-state index contributed by atoms with van der Waals surface area (Å²) in [5.74, 6) is -0.106. The maximum absolute atomic E-state index is 11.6. The van der Waals surface area contributed by atoms with Gasteiger partial charge in [-0.25, -0.2) is 0 Å². The Bertz CT molecular complexity index is 638. The molecule has 0 aliphatic heterocycles. The van der Waals surface area contributed by atoms with Crippen LogP contribution in [0.15, 0.2) is 36.7 Å². The SMILES string of the molecule is Cn1cc(NC(=O)COc2cccc([N+](=O)[O-])c2)cn1. The van der Waals surface area contributed by atoms with Crippen LogP contribution in [0.1, 0.15) is 0 Å². The van der Waals surface area contributed by atoms with Crippen molar-refractivity contribution < 1.29 is 14.5 Å². The number of nitro groups is 1. The summed E-state index contributed by atoms with van der Waals surface area (Å²) < 4.78 is 6.75. The van der Waals surface area contributed by atoms with Crippen molar-refractivity contribution in [3.05, 3.63) is 46.8 Å². The number of carbonyl (C=O) groups is 1. The number of nitrogens with one attached hydrogen (secondary N) is 1. The molecule has 8 nitrogen and oxygen atoms in total. The van der Waals surface area contributed by atoms with E-state index < -0.39 is 4.92 Å². The highest BCUT2D eigenvalue weighted by molar-refractivity contribution is 5.91. The monoisotopic (exact) mass is 276 g/mol. The Balaban J connectivity index is 1.90. The van der Waals surface area contributed by atoms with Gasteiger partial charge in [-0.3, -0.25) is 19.6 Å². The second-order valence-corrected chi connectivity index (χ2v) is 3.99. The van der Waals surface area contributed by atoms with Gasteiger partial charge >= 0.3 is 0 Å². The molecule has 0 aliphatic rings. The van der Waals surface area contributed by atoms with E-state index in [1.807, 2.05) is 0 Å². The van der Waals surface area contributed by atoms with Gasteiger partial charge < -0.3 is 10.1 Å². The van der Waals surface area contributed by atoms with E-state index >= 15 is 0 Å². The Hall–Kier alpha value is -2.90. The van der Waals surface area contributed by atoms with E-state index in [1.165, 1.54) is 24.4 Å². The molecule has 2 aromatic rings. The molecule has 0 spiro atoms. The topological polar surface area (TPSA) is 99.3 Å². The number of amides is 1. The van der Waals surface area contributed by atoms with Gasteiger partial charge in [-0.15, -0.1) is 0 Å². The fraction of sp³-hybridized carbons (Fsp3) is 0.167. The van der Waals surface area contributed by atoms with Crippen molar-refractivity contribution in [1.29, 1.82) is 0 Å². The largest absolute Gasteiger partial charge is 0.484 e. The van der Waals surface area contributed by atoms with Gasteiger partial charge in [0.25, 0.3) is 11.6 Å². The van der Waals surface area contributed by atoms with Crippen molar-refractivity contribution in [3.63, 3.8) is 0 Å². The number of aromatic nitrogens is 2. The van der Waals surface area contributed by atoms with Crippen molar-refractivity contribution in [2.75, 3.05) is 11.9 Å². The fourth-order valence-electron chi connectivity index (χ4n) is 1.52. The van der Waals surface area contributed by atoms with E-state index in [9.17, 15) is 14.9 Å². The molecule has 1 amide bonds. The van der Waals surface area contributed by atoms with Crippen LogP contribution in [-0.4, -0.2) is 27.2 Å². The fourth-order valence-corrected chi connectivity index (χ4v) is 1.52. The van der Waals surface area contributed by atoms with Crippen molar-refractivity contribution in [2.45, 2.75) is 0 Å². The summed E-state index contributed by atoms with van der Waals surface area (Å²) in [6.07, 6.45) is 3.15. The maximum Gasteiger partial charge on any atom is 0.273 e. The molecule has 0 atom stereocenters. The van der Waals surface area contributed by atoms with Gasteiger partial charge in [-0.05, 0) is 6.07 Å². The van der Waals surface area contributed by atoms with Crippen LogP contribution in [0.4, 0.5) is 11.4 Å². The number of benzene rings is 1. The van der Waals surface area contributed by atoms with E-state index in [0.717, 1.165) is 0 Å².